The average Bonchev–Trinajstić information content (AvgIpc) is 2.89. The first kappa shape index (κ1) is 16.9. The van der Waals surface area contributed by atoms with E-state index in [4.69, 9.17) is 4.74 Å². The van der Waals surface area contributed by atoms with Gasteiger partial charge in [-0.05, 0) is 32.4 Å². The van der Waals surface area contributed by atoms with Gasteiger partial charge in [-0.25, -0.2) is 4.98 Å². The zero-order chi connectivity index (χ0) is 16.9. The van der Waals surface area contributed by atoms with Crippen LogP contribution >= 0.6 is 0 Å². The van der Waals surface area contributed by atoms with Gasteiger partial charge in [0.15, 0.2) is 5.65 Å². The van der Waals surface area contributed by atoms with Crippen LogP contribution in [0.3, 0.4) is 0 Å². The van der Waals surface area contributed by atoms with Gasteiger partial charge in [0.2, 0.25) is 0 Å². The van der Waals surface area contributed by atoms with Crippen molar-refractivity contribution in [2.24, 2.45) is 7.05 Å². The highest BCUT2D eigenvalue weighted by Gasteiger charge is 2.12. The highest BCUT2D eigenvalue weighted by molar-refractivity contribution is 5.97. The van der Waals surface area contributed by atoms with E-state index in [1.165, 1.54) is 0 Å². The molecule has 0 spiro atoms. The molecule has 1 fully saturated rings. The van der Waals surface area contributed by atoms with Gasteiger partial charge in [0.1, 0.15) is 0 Å². The molecule has 0 aliphatic carbocycles. The number of amides is 1. The molecule has 0 radical (unpaired) electrons. The third-order valence-electron chi connectivity index (χ3n) is 4.42. The van der Waals surface area contributed by atoms with Gasteiger partial charge in [-0.1, -0.05) is 0 Å². The first-order valence-corrected chi connectivity index (χ1v) is 8.53. The summed E-state index contributed by atoms with van der Waals surface area (Å²) >= 11 is 0. The fourth-order valence-electron chi connectivity index (χ4n) is 3.02. The van der Waals surface area contributed by atoms with Crippen molar-refractivity contribution in [2.75, 3.05) is 39.4 Å². The Labute approximate surface area is 142 Å². The molecule has 1 amide bonds. The number of aromatic nitrogens is 3. The number of fused-ring (bicyclic) bond motifs is 1. The normalized spacial score (nSPS) is 15.8. The third-order valence-corrected chi connectivity index (χ3v) is 4.42. The van der Waals surface area contributed by atoms with E-state index in [9.17, 15) is 4.79 Å². The van der Waals surface area contributed by atoms with E-state index in [-0.39, 0.29) is 5.91 Å². The fraction of sp³-hybridized carbons (Fsp3) is 0.588. The van der Waals surface area contributed by atoms with Crippen LogP contribution in [0.1, 0.15) is 28.9 Å². The van der Waals surface area contributed by atoms with Gasteiger partial charge >= 0.3 is 0 Å². The maximum absolute atomic E-state index is 12.3. The smallest absolute Gasteiger partial charge is 0.252 e. The summed E-state index contributed by atoms with van der Waals surface area (Å²) in [5, 5.41) is 8.24. The van der Waals surface area contributed by atoms with Crippen LogP contribution in [0.25, 0.3) is 11.0 Å². The SMILES string of the molecule is Cc1nn(C)c2ncc(C(=O)NCCCCN3CCOCC3)cc12. The predicted molar refractivity (Wildman–Crippen MR) is 92.1 cm³/mol. The van der Waals surface area contributed by atoms with Crippen molar-refractivity contribution in [1.29, 1.82) is 0 Å². The lowest BCUT2D eigenvalue weighted by Gasteiger charge is -2.26. The van der Waals surface area contributed by atoms with Gasteiger partial charge < -0.3 is 10.1 Å². The van der Waals surface area contributed by atoms with E-state index in [1.54, 1.807) is 10.9 Å². The molecule has 0 atom stereocenters. The minimum atomic E-state index is -0.0703. The number of rotatable bonds is 6. The molecule has 130 valence electrons. The van der Waals surface area contributed by atoms with Crippen molar-refractivity contribution in [2.45, 2.75) is 19.8 Å². The maximum Gasteiger partial charge on any atom is 0.252 e. The molecule has 24 heavy (non-hydrogen) atoms. The number of hydrogen-bond acceptors (Lipinski definition) is 5. The monoisotopic (exact) mass is 331 g/mol. The standard InChI is InChI=1S/C17H25N5O2/c1-13-15-11-14(12-19-16(15)21(2)20-13)17(23)18-5-3-4-6-22-7-9-24-10-8-22/h11-12H,3-10H2,1-2H3,(H,18,23). The van der Waals surface area contributed by atoms with E-state index in [0.717, 1.165) is 62.4 Å². The van der Waals surface area contributed by atoms with E-state index in [1.807, 2.05) is 20.0 Å². The van der Waals surface area contributed by atoms with Crippen LogP contribution in [-0.2, 0) is 11.8 Å². The lowest BCUT2D eigenvalue weighted by molar-refractivity contribution is 0.0372. The van der Waals surface area contributed by atoms with Crippen LogP contribution in [0.4, 0.5) is 0 Å². The molecule has 2 aromatic heterocycles. The molecule has 0 bridgehead atoms. The van der Waals surface area contributed by atoms with E-state index < -0.39 is 0 Å². The first-order valence-electron chi connectivity index (χ1n) is 8.53. The van der Waals surface area contributed by atoms with Gasteiger partial charge in [0, 0.05) is 38.3 Å². The summed E-state index contributed by atoms with van der Waals surface area (Å²) < 4.78 is 7.07. The largest absolute Gasteiger partial charge is 0.379 e. The van der Waals surface area contributed by atoms with Gasteiger partial charge in [-0.15, -0.1) is 0 Å². The Bertz CT molecular complexity index is 706. The molecular weight excluding hydrogens is 306 g/mol. The zero-order valence-corrected chi connectivity index (χ0v) is 14.4. The fourth-order valence-corrected chi connectivity index (χ4v) is 3.02. The number of hydrogen-bond donors (Lipinski definition) is 1. The summed E-state index contributed by atoms with van der Waals surface area (Å²) in [6.45, 7) is 7.39. The number of morpholine rings is 1. The Hall–Kier alpha value is -1.99. The van der Waals surface area contributed by atoms with Crippen LogP contribution in [0, 0.1) is 6.92 Å². The molecule has 1 aliphatic rings. The second-order valence-electron chi connectivity index (χ2n) is 6.22. The van der Waals surface area contributed by atoms with Gasteiger partial charge in [-0.2, -0.15) is 5.10 Å². The minimum absolute atomic E-state index is 0.0703. The number of carbonyl (C=O) groups excluding carboxylic acids is 1. The summed E-state index contributed by atoms with van der Waals surface area (Å²) in [5.74, 6) is -0.0703. The van der Waals surface area contributed by atoms with Crippen molar-refractivity contribution in [3.63, 3.8) is 0 Å². The van der Waals surface area contributed by atoms with Crippen LogP contribution in [0.5, 0.6) is 0 Å². The van der Waals surface area contributed by atoms with E-state index in [2.05, 4.69) is 20.3 Å². The molecule has 3 rings (SSSR count). The highest BCUT2D eigenvalue weighted by Crippen LogP contribution is 2.16. The van der Waals surface area contributed by atoms with Gasteiger partial charge in [0.25, 0.3) is 5.91 Å². The van der Waals surface area contributed by atoms with Crippen molar-refractivity contribution in [1.82, 2.24) is 25.0 Å². The number of aryl methyl sites for hydroxylation is 2. The van der Waals surface area contributed by atoms with Crippen LogP contribution in [0.15, 0.2) is 12.3 Å². The molecule has 3 heterocycles. The molecule has 7 nitrogen and oxygen atoms in total. The molecule has 0 saturated carbocycles. The number of nitrogens with one attached hydrogen (secondary N) is 1. The molecule has 7 heteroatoms. The lowest BCUT2D eigenvalue weighted by atomic mass is 10.2. The number of unbranched alkanes of at least 4 members (excludes halogenated alkanes) is 1. The molecule has 0 aromatic carbocycles. The van der Waals surface area contributed by atoms with Gasteiger partial charge in [-0.3, -0.25) is 14.4 Å². The van der Waals surface area contributed by atoms with Crippen LogP contribution < -0.4 is 5.32 Å². The quantitative estimate of drug-likeness (QED) is 0.803. The predicted octanol–water partition coefficient (Wildman–Crippen LogP) is 1.12. The first-order chi connectivity index (χ1) is 11.6. The summed E-state index contributed by atoms with van der Waals surface area (Å²) in [6.07, 6.45) is 3.68. The molecule has 1 aliphatic heterocycles. The number of pyridine rings is 1. The van der Waals surface area contributed by atoms with E-state index >= 15 is 0 Å². The van der Waals surface area contributed by atoms with Crippen LogP contribution in [0.2, 0.25) is 0 Å². The van der Waals surface area contributed by atoms with Crippen molar-refractivity contribution < 1.29 is 9.53 Å². The Balaban J connectivity index is 1.45. The summed E-state index contributed by atoms with van der Waals surface area (Å²) in [7, 11) is 1.86. The lowest BCUT2D eigenvalue weighted by Crippen LogP contribution is -2.37. The second-order valence-corrected chi connectivity index (χ2v) is 6.22. The summed E-state index contributed by atoms with van der Waals surface area (Å²) in [4.78, 5) is 19.0. The third kappa shape index (κ3) is 3.91. The molecule has 2 aromatic rings. The Morgan fingerprint density at radius 1 is 1.33 bits per heavy atom. The summed E-state index contributed by atoms with van der Waals surface area (Å²) in [5.41, 5.74) is 2.28. The zero-order valence-electron chi connectivity index (χ0n) is 14.4. The Morgan fingerprint density at radius 3 is 2.92 bits per heavy atom. The second kappa shape index (κ2) is 7.72. The maximum atomic E-state index is 12.3. The van der Waals surface area contributed by atoms with Crippen molar-refractivity contribution in [3.05, 3.63) is 23.5 Å². The van der Waals surface area contributed by atoms with Crippen molar-refractivity contribution in [3.8, 4) is 0 Å². The van der Waals surface area contributed by atoms with Crippen molar-refractivity contribution >= 4 is 16.9 Å². The molecule has 1 N–H and O–H groups in total. The Kier molecular flexibility index (Phi) is 5.42. The summed E-state index contributed by atoms with van der Waals surface area (Å²) in [6, 6.07) is 1.87. The number of ether oxygens (including phenoxy) is 1. The van der Waals surface area contributed by atoms with Crippen LogP contribution in [-0.4, -0.2) is 65.0 Å². The topological polar surface area (TPSA) is 72.3 Å². The minimum Gasteiger partial charge on any atom is -0.379 e. The number of nitrogens with zero attached hydrogens (tertiary/aromatic N) is 4. The molecule has 1 saturated heterocycles. The Morgan fingerprint density at radius 2 is 2.12 bits per heavy atom. The average molecular weight is 331 g/mol. The number of carbonyl (C=O) groups is 1. The molecular formula is C17H25N5O2. The van der Waals surface area contributed by atoms with Gasteiger partial charge in [0.05, 0.1) is 24.5 Å². The molecule has 0 unspecified atom stereocenters. The van der Waals surface area contributed by atoms with E-state index in [0.29, 0.717) is 12.1 Å². The highest BCUT2D eigenvalue weighted by atomic mass is 16.5.